The number of alkyl halides is 4. The summed E-state index contributed by atoms with van der Waals surface area (Å²) in [4.78, 5) is 45.3. The molecule has 10 aliphatic carbocycles. The summed E-state index contributed by atoms with van der Waals surface area (Å²) in [7, 11) is 0. The molecule has 129 heavy (non-hydrogen) atoms. The molecule has 0 amide bonds. The van der Waals surface area contributed by atoms with Crippen molar-refractivity contribution in [2.45, 2.75) is 347 Å². The van der Waals surface area contributed by atoms with Gasteiger partial charge in [0.05, 0.1) is 180 Å². The Labute approximate surface area is 749 Å². The minimum absolute atomic E-state index is 0.0622. The lowest BCUT2D eigenvalue weighted by Crippen LogP contribution is -2.32. The van der Waals surface area contributed by atoms with Crippen LogP contribution in [0.4, 0.5) is 17.6 Å². The maximum absolute atomic E-state index is 13.4. The van der Waals surface area contributed by atoms with Crippen LogP contribution in [0.5, 0.6) is 29.4 Å². The fourth-order valence-corrected chi connectivity index (χ4v) is 21.9. The number of halogens is 4. The van der Waals surface area contributed by atoms with E-state index in [0.29, 0.717) is 106 Å². The molecule has 15 heterocycles. The zero-order chi connectivity index (χ0) is 87.6. The number of aliphatic hydroxyl groups excluding tert-OH is 5. The maximum atomic E-state index is 13.4. The van der Waals surface area contributed by atoms with Gasteiger partial charge in [0.25, 0.3) is 0 Å². The molecule has 0 aromatic carbocycles. The summed E-state index contributed by atoms with van der Waals surface area (Å²) in [6.45, 7) is 0. The van der Waals surface area contributed by atoms with Crippen molar-refractivity contribution in [2.75, 3.05) is 0 Å². The molecule has 10 fully saturated rings. The summed E-state index contributed by atoms with van der Waals surface area (Å²) in [5.41, 5.74) is 15.5. The Bertz CT molecular complexity index is 5070. The van der Waals surface area contributed by atoms with Gasteiger partial charge in [-0.25, -0.2) is 67.4 Å². The molecular weight excluding hydrogens is 1650 g/mol. The SMILES string of the molecule is OC(CC1c2nc(OC3CC3)ccc2-c2cncn21)C1CCC(F)(F)CC1.OC(CC1c2nc(OC3CC3)ccc2-c2cncn21)C1CCC(F)(F)CC1.OC(CC1c2nc(OC3CC3)ccc2-c2cncn21)C1CCCCC1.OC(CC1c2nc(OC3CC3)ccc2-c2cncn21)C1CCCCC1.OC(CC1c2nc(OC3CC3)ccc2-c2cncn21)C1CCCCC1. The Morgan fingerprint density at radius 3 is 0.636 bits per heavy atom. The van der Waals surface area contributed by atoms with Crippen LogP contribution in [0.25, 0.3) is 56.3 Å². The van der Waals surface area contributed by atoms with Gasteiger partial charge in [-0.15, -0.1) is 0 Å². The first kappa shape index (κ1) is 86.1. The summed E-state index contributed by atoms with van der Waals surface area (Å²) in [6.07, 6.45) is 51.2. The third-order valence-electron chi connectivity index (χ3n) is 30.0. The van der Waals surface area contributed by atoms with E-state index in [-0.39, 0.29) is 98.2 Å². The number of nitrogens with zero attached hydrogens (tertiary/aromatic N) is 15. The van der Waals surface area contributed by atoms with Gasteiger partial charge in [0.2, 0.25) is 41.2 Å². The normalized spacial score (nSPS) is 24.4. The smallest absolute Gasteiger partial charge is 0.248 e. The van der Waals surface area contributed by atoms with E-state index in [4.69, 9.17) is 48.6 Å². The van der Waals surface area contributed by atoms with Crippen molar-refractivity contribution in [1.29, 1.82) is 0 Å². The lowest BCUT2D eigenvalue weighted by molar-refractivity contribution is -0.0646. The Balaban J connectivity index is 0.0000000978. The zero-order valence-corrected chi connectivity index (χ0v) is 73.5. The van der Waals surface area contributed by atoms with E-state index in [1.54, 1.807) is 25.0 Å². The van der Waals surface area contributed by atoms with Gasteiger partial charge >= 0.3 is 0 Å². The summed E-state index contributed by atoms with van der Waals surface area (Å²) in [6, 6.07) is 19.9. The molecule has 25 rings (SSSR count). The predicted molar refractivity (Wildman–Crippen MR) is 473 cm³/mol. The molecule has 15 aliphatic rings. The second-order valence-electron chi connectivity index (χ2n) is 39.6. The van der Waals surface area contributed by atoms with E-state index >= 15 is 0 Å². The van der Waals surface area contributed by atoms with Crippen molar-refractivity contribution < 1.29 is 66.8 Å². The number of fused-ring (bicyclic) bond motifs is 15. The second-order valence-corrected chi connectivity index (χ2v) is 39.6. The quantitative estimate of drug-likeness (QED) is 0.0332. The van der Waals surface area contributed by atoms with Crippen LogP contribution in [-0.4, -0.2) is 171 Å². The van der Waals surface area contributed by atoms with E-state index in [9.17, 15) is 43.1 Å². The highest BCUT2D eigenvalue weighted by Gasteiger charge is 2.45. The van der Waals surface area contributed by atoms with Crippen LogP contribution in [0.1, 0.15) is 303 Å². The number of ether oxygens (including phenoxy) is 5. The molecule has 0 radical (unpaired) electrons. The highest BCUT2D eigenvalue weighted by atomic mass is 19.3. The predicted octanol–water partition coefficient (Wildman–Crippen LogP) is 19.1. The van der Waals surface area contributed by atoms with Gasteiger partial charge in [-0.2, -0.15) is 0 Å². The molecule has 0 spiro atoms. The third kappa shape index (κ3) is 19.3. The first-order valence-corrected chi connectivity index (χ1v) is 48.5. The molecule has 25 nitrogen and oxygen atoms in total. The Morgan fingerprint density at radius 1 is 0.264 bits per heavy atom. The fourth-order valence-electron chi connectivity index (χ4n) is 21.9. The van der Waals surface area contributed by atoms with Crippen molar-refractivity contribution in [3.05, 3.63) is 152 Å². The summed E-state index contributed by atoms with van der Waals surface area (Å²) in [5.74, 6) is -0.667. The van der Waals surface area contributed by atoms with Crippen molar-refractivity contribution in [2.24, 2.45) is 29.6 Å². The zero-order valence-electron chi connectivity index (χ0n) is 73.5. The fraction of sp³-hybridized carbons (Fsp3) is 0.600. The number of imidazole rings is 5. The minimum Gasteiger partial charge on any atom is -0.474 e. The van der Waals surface area contributed by atoms with Gasteiger partial charge < -0.3 is 72.1 Å². The molecule has 0 bridgehead atoms. The van der Waals surface area contributed by atoms with Gasteiger partial charge in [-0.3, -0.25) is 0 Å². The number of hydrogen-bond donors (Lipinski definition) is 5. The van der Waals surface area contributed by atoms with E-state index < -0.39 is 24.1 Å². The number of aliphatic hydroxyl groups is 5. The molecule has 684 valence electrons. The van der Waals surface area contributed by atoms with Crippen LogP contribution >= 0.6 is 0 Å². The van der Waals surface area contributed by atoms with Crippen molar-refractivity contribution in [1.82, 2.24) is 72.7 Å². The highest BCUT2D eigenvalue weighted by molar-refractivity contribution is 5.71. The molecule has 10 atom stereocenters. The van der Waals surface area contributed by atoms with E-state index in [1.165, 1.54) is 57.8 Å². The summed E-state index contributed by atoms with van der Waals surface area (Å²) >= 11 is 0. The van der Waals surface area contributed by atoms with Crippen LogP contribution in [0.2, 0.25) is 0 Å². The standard InChI is InChI=1S/2C20H23F2N3O2.3C20H25N3O2/c2*21-20(22)7-5-12(6-8-20)17(26)9-15-19-14(16-10-23-11-25(15)16)3-4-18(24-19)27-13-1-2-13;3*24-18(13-4-2-1-3-5-13)10-16-20-15(17-11-21-12-23(16)17)8-9-19(22-20)25-14-6-7-14/h2*3-4,10-13,15,17,26H,1-2,5-9H2;3*8-9,11-14,16,18,24H,1-7,10H2. The molecule has 5 aliphatic heterocycles. The van der Waals surface area contributed by atoms with Gasteiger partial charge in [-0.1, -0.05) is 57.8 Å². The molecule has 10 unspecified atom stereocenters. The second kappa shape index (κ2) is 36.8. The molecule has 0 saturated heterocycles. The van der Waals surface area contributed by atoms with Crippen molar-refractivity contribution >= 4 is 0 Å². The molecule has 29 heteroatoms. The van der Waals surface area contributed by atoms with E-state index in [2.05, 4.69) is 56.8 Å². The Kier molecular flexibility index (Phi) is 24.6. The number of pyridine rings is 5. The Hall–Kier alpha value is -9.68. The average molecular weight is 1770 g/mol. The lowest BCUT2D eigenvalue weighted by atomic mass is 9.81. The van der Waals surface area contributed by atoms with E-state index in [0.717, 1.165) is 205 Å². The largest absolute Gasteiger partial charge is 0.474 e. The first-order valence-electron chi connectivity index (χ1n) is 48.5. The van der Waals surface area contributed by atoms with Gasteiger partial charge in [-0.05, 0) is 188 Å². The molecule has 10 saturated carbocycles. The monoisotopic (exact) mass is 1770 g/mol. The van der Waals surface area contributed by atoms with Crippen LogP contribution in [0, 0.1) is 29.6 Å². The van der Waals surface area contributed by atoms with Crippen molar-refractivity contribution in [3.8, 4) is 85.7 Å². The van der Waals surface area contributed by atoms with Gasteiger partial charge in [0.1, 0.15) is 30.5 Å². The molecular formula is C100H121F4N15O10. The van der Waals surface area contributed by atoms with Gasteiger partial charge in [0, 0.05) is 116 Å². The molecule has 10 aromatic rings. The van der Waals surface area contributed by atoms with Crippen LogP contribution in [-0.2, 0) is 0 Å². The number of hydrogen-bond acceptors (Lipinski definition) is 20. The molecule has 5 N–H and O–H groups in total. The minimum atomic E-state index is -2.58. The summed E-state index contributed by atoms with van der Waals surface area (Å²) < 4.78 is 93.7. The van der Waals surface area contributed by atoms with E-state index in [1.807, 2.05) is 89.2 Å². The highest BCUT2D eigenvalue weighted by Crippen LogP contribution is 2.52. The Morgan fingerprint density at radius 2 is 0.450 bits per heavy atom. The number of rotatable bonds is 25. The van der Waals surface area contributed by atoms with Crippen LogP contribution < -0.4 is 23.7 Å². The third-order valence-corrected chi connectivity index (χ3v) is 30.0. The molecule has 10 aromatic heterocycles. The number of aromatic nitrogens is 15. The lowest BCUT2D eigenvalue weighted by Gasteiger charge is -2.32. The van der Waals surface area contributed by atoms with Crippen LogP contribution in [0.3, 0.4) is 0 Å². The topological polar surface area (TPSA) is 301 Å². The van der Waals surface area contributed by atoms with Gasteiger partial charge in [0.15, 0.2) is 0 Å². The van der Waals surface area contributed by atoms with Crippen LogP contribution in [0.15, 0.2) is 123 Å². The first-order chi connectivity index (χ1) is 62.9. The average Bonchev–Trinajstić information content (AvgIpc) is 1.62. The van der Waals surface area contributed by atoms with Crippen molar-refractivity contribution in [3.63, 3.8) is 0 Å². The maximum Gasteiger partial charge on any atom is 0.248 e. The summed E-state index contributed by atoms with van der Waals surface area (Å²) in [5, 5.41) is 54.1.